The average molecular weight is 489 g/mol. The number of quaternary nitrogens is 1. The third kappa shape index (κ3) is 19.5. The van der Waals surface area contributed by atoms with Crippen molar-refractivity contribution in [3.8, 4) is 0 Å². The van der Waals surface area contributed by atoms with Gasteiger partial charge >= 0.3 is 7.60 Å². The molecule has 3 N–H and O–H groups in total. The summed E-state index contributed by atoms with van der Waals surface area (Å²) >= 11 is 0. The fourth-order valence-corrected chi connectivity index (χ4v) is 5.20. The van der Waals surface area contributed by atoms with Gasteiger partial charge in [-0.3, -0.25) is 4.57 Å². The largest absolute Gasteiger partial charge is 0.373 e. The Morgan fingerprint density at radius 2 is 1.03 bits per heavy atom. The lowest BCUT2D eigenvalue weighted by Gasteiger charge is -2.35. The zero-order chi connectivity index (χ0) is 25.1. The van der Waals surface area contributed by atoms with Crippen LogP contribution >= 0.6 is 7.60 Å². The summed E-state index contributed by atoms with van der Waals surface area (Å²) < 4.78 is 12.1. The van der Waals surface area contributed by atoms with Crippen molar-refractivity contribution in [3.63, 3.8) is 0 Å². The number of allylic oxidation sites excluding steroid dienone is 4. The molecule has 6 heteroatoms. The first-order valence-electron chi connectivity index (χ1n) is 13.4. The minimum absolute atomic E-state index is 0.0423. The molecule has 0 rings (SSSR count). The minimum Gasteiger partial charge on any atom is -0.373 e. The molecule has 0 aliphatic heterocycles. The van der Waals surface area contributed by atoms with Crippen LogP contribution in [-0.4, -0.2) is 52.4 Å². The molecule has 0 fully saturated rings. The van der Waals surface area contributed by atoms with Crippen LogP contribution in [0.15, 0.2) is 24.3 Å². The Hall–Kier alpha value is -0.450. The molecule has 0 radical (unpaired) electrons. The van der Waals surface area contributed by atoms with Gasteiger partial charge in [-0.15, -0.1) is 0 Å². The van der Waals surface area contributed by atoms with Crippen LogP contribution in [0.1, 0.15) is 116 Å². The molecule has 0 aromatic carbocycles. The van der Waals surface area contributed by atoms with Crippen LogP contribution in [0.5, 0.6) is 0 Å². The van der Waals surface area contributed by atoms with Gasteiger partial charge in [0.05, 0.1) is 21.1 Å². The first-order chi connectivity index (χ1) is 15.5. The van der Waals surface area contributed by atoms with Gasteiger partial charge in [0.15, 0.2) is 0 Å². The molecule has 33 heavy (non-hydrogen) atoms. The normalized spacial score (nSPS) is 15.0. The monoisotopic (exact) mass is 488 g/mol. The Morgan fingerprint density at radius 1 is 0.667 bits per heavy atom. The molecule has 0 saturated heterocycles. The molecule has 0 saturated carbocycles. The van der Waals surface area contributed by atoms with E-state index in [1.807, 2.05) is 21.1 Å². The quantitative estimate of drug-likeness (QED) is 0.0645. The number of aliphatic hydroxyl groups is 1. The van der Waals surface area contributed by atoms with Crippen LogP contribution in [0.3, 0.4) is 0 Å². The first kappa shape index (κ1) is 32.5. The number of rotatable bonds is 22. The first-order valence-corrected chi connectivity index (χ1v) is 15.0. The fraction of sp³-hybridized carbons (Fsp3) is 0.852. The number of nitrogens with zero attached hydrogens (tertiary/aromatic N) is 1. The highest BCUT2D eigenvalue weighted by molar-refractivity contribution is 7.53. The lowest BCUT2D eigenvalue weighted by molar-refractivity contribution is -0.875. The minimum atomic E-state index is -4.56. The summed E-state index contributed by atoms with van der Waals surface area (Å²) in [5, 5.41) is 8.60. The molecular formula is C27H55NO4P+. The predicted octanol–water partition coefficient (Wildman–Crippen LogP) is 7.32. The molecule has 0 spiro atoms. The lowest BCUT2D eigenvalue weighted by atomic mass is 10.1. The van der Waals surface area contributed by atoms with Crippen molar-refractivity contribution < 1.29 is 23.9 Å². The third-order valence-electron chi connectivity index (χ3n) is 6.02. The van der Waals surface area contributed by atoms with E-state index in [0.717, 1.165) is 25.7 Å². The maximum absolute atomic E-state index is 11.8. The maximum atomic E-state index is 11.8. The van der Waals surface area contributed by atoms with E-state index in [9.17, 15) is 19.5 Å². The molecule has 0 aliphatic rings. The van der Waals surface area contributed by atoms with Crippen molar-refractivity contribution >= 4 is 7.60 Å². The Bertz CT molecular complexity index is 565. The van der Waals surface area contributed by atoms with Gasteiger partial charge in [0.2, 0.25) is 5.34 Å². The predicted molar refractivity (Wildman–Crippen MR) is 142 cm³/mol. The van der Waals surface area contributed by atoms with Gasteiger partial charge < -0.3 is 19.4 Å². The summed E-state index contributed by atoms with van der Waals surface area (Å²) in [6.45, 7) is 2.31. The molecule has 0 heterocycles. The van der Waals surface area contributed by atoms with E-state index in [1.54, 1.807) is 0 Å². The van der Waals surface area contributed by atoms with Gasteiger partial charge in [-0.25, -0.2) is 0 Å². The molecule has 0 bridgehead atoms. The van der Waals surface area contributed by atoms with Crippen LogP contribution in [0.2, 0.25) is 0 Å². The number of unbranched alkanes of at least 4 members (excludes halogenated alkanes) is 13. The van der Waals surface area contributed by atoms with Crippen molar-refractivity contribution in [1.29, 1.82) is 0 Å². The Balaban J connectivity index is 3.68. The molecule has 1 atom stereocenters. The zero-order valence-corrected chi connectivity index (χ0v) is 23.1. The van der Waals surface area contributed by atoms with Gasteiger partial charge in [-0.2, -0.15) is 0 Å². The summed E-state index contributed by atoms with van der Waals surface area (Å²) in [4.78, 5) is 19.2. The van der Waals surface area contributed by atoms with Crippen molar-refractivity contribution in [2.24, 2.45) is 0 Å². The second kappa shape index (κ2) is 18.8. The highest BCUT2D eigenvalue weighted by atomic mass is 31.2. The van der Waals surface area contributed by atoms with Gasteiger partial charge in [-0.05, 0) is 64.2 Å². The molecule has 0 aromatic rings. The summed E-state index contributed by atoms with van der Waals surface area (Å²) in [7, 11) is 0.927. The van der Waals surface area contributed by atoms with E-state index in [0.29, 0.717) is 10.9 Å². The van der Waals surface area contributed by atoms with Crippen molar-refractivity contribution in [2.75, 3.05) is 27.7 Å². The van der Waals surface area contributed by atoms with Gasteiger partial charge in [-0.1, -0.05) is 76.2 Å². The molecule has 5 nitrogen and oxygen atoms in total. The van der Waals surface area contributed by atoms with E-state index in [1.165, 1.54) is 70.6 Å². The smallest absolute Gasteiger partial charge is 0.362 e. The maximum Gasteiger partial charge on any atom is 0.362 e. The molecular weight excluding hydrogens is 433 g/mol. The van der Waals surface area contributed by atoms with Crippen LogP contribution in [0.25, 0.3) is 0 Å². The molecule has 0 aromatic heterocycles. The van der Waals surface area contributed by atoms with Crippen LogP contribution in [0, 0.1) is 0 Å². The van der Waals surface area contributed by atoms with Gasteiger partial charge in [0.1, 0.15) is 6.54 Å². The summed E-state index contributed by atoms with van der Waals surface area (Å²) in [5.74, 6) is 0. The van der Waals surface area contributed by atoms with Crippen LogP contribution < -0.4 is 0 Å². The van der Waals surface area contributed by atoms with E-state index in [2.05, 4.69) is 31.2 Å². The molecule has 0 amide bonds. The van der Waals surface area contributed by atoms with E-state index in [4.69, 9.17) is 0 Å². The molecule has 1 unspecified atom stereocenters. The summed E-state index contributed by atoms with van der Waals surface area (Å²) in [6, 6.07) is 0. The zero-order valence-electron chi connectivity index (χ0n) is 22.2. The molecule has 0 aliphatic carbocycles. The average Bonchev–Trinajstić information content (AvgIpc) is 2.70. The number of hydrogen-bond donors (Lipinski definition) is 3. The van der Waals surface area contributed by atoms with Crippen molar-refractivity contribution in [1.82, 2.24) is 0 Å². The summed E-state index contributed by atoms with van der Waals surface area (Å²) in [6.07, 6.45) is 28.4. The van der Waals surface area contributed by atoms with Crippen molar-refractivity contribution in [3.05, 3.63) is 24.3 Å². The van der Waals surface area contributed by atoms with E-state index in [-0.39, 0.29) is 13.0 Å². The topological polar surface area (TPSA) is 77.8 Å². The second-order valence-corrected chi connectivity index (χ2v) is 12.6. The Morgan fingerprint density at radius 3 is 1.42 bits per heavy atom. The second-order valence-electron chi connectivity index (χ2n) is 10.7. The SMILES string of the molecule is CCCCCCCCCC/C=C\CCCC/C=C\CCCCC(O)(C[N+](C)(C)C)P(=O)(O)O. The van der Waals surface area contributed by atoms with Crippen LogP contribution in [-0.2, 0) is 4.57 Å². The molecule has 196 valence electrons. The van der Waals surface area contributed by atoms with Gasteiger partial charge in [0.25, 0.3) is 0 Å². The van der Waals surface area contributed by atoms with E-state index >= 15 is 0 Å². The van der Waals surface area contributed by atoms with E-state index < -0.39 is 12.9 Å². The third-order valence-corrected chi connectivity index (χ3v) is 7.47. The number of likely N-dealkylation sites (N-methyl/N-ethyl adjacent to an activating group) is 1. The fourth-order valence-electron chi connectivity index (χ4n) is 4.14. The highest BCUT2D eigenvalue weighted by Crippen LogP contribution is 2.52. The Kier molecular flexibility index (Phi) is 18.6. The van der Waals surface area contributed by atoms with Gasteiger partial charge in [0, 0.05) is 0 Å². The number of hydrogen-bond acceptors (Lipinski definition) is 2. The lowest BCUT2D eigenvalue weighted by Crippen LogP contribution is -2.49. The highest BCUT2D eigenvalue weighted by Gasteiger charge is 2.48. The Labute approximate surface area is 205 Å². The van der Waals surface area contributed by atoms with Crippen molar-refractivity contribution in [2.45, 2.75) is 121 Å². The van der Waals surface area contributed by atoms with Crippen LogP contribution in [0.4, 0.5) is 0 Å². The standard InChI is InChI=1S/C27H54NO4P/c1-5-6-7-8-9-10-11-12-13-14-15-16-17-18-19-20-21-22-23-24-25-27(29,33(30,31)32)26-28(2,3)4/h14-15,20-21,29H,5-13,16-19,22-26H2,1-4H3,(H-,30,31,32)/p+1/b15-14-,21-20-. The summed E-state index contributed by atoms with van der Waals surface area (Å²) in [5.41, 5.74) is 0.